The van der Waals surface area contributed by atoms with Gasteiger partial charge < -0.3 is 10.4 Å². The maximum Gasteiger partial charge on any atom is 0.253 e. The van der Waals surface area contributed by atoms with Gasteiger partial charge in [0.1, 0.15) is 5.82 Å². The van der Waals surface area contributed by atoms with Crippen LogP contribution in [0.15, 0.2) is 41.1 Å². The van der Waals surface area contributed by atoms with Gasteiger partial charge in [0, 0.05) is 29.0 Å². The second-order valence-corrected chi connectivity index (χ2v) is 5.07. The van der Waals surface area contributed by atoms with Crippen molar-refractivity contribution in [2.75, 3.05) is 0 Å². The molecule has 0 aliphatic carbocycles. The highest BCUT2D eigenvalue weighted by molar-refractivity contribution is 9.10. The van der Waals surface area contributed by atoms with Crippen molar-refractivity contribution in [1.82, 2.24) is 10.3 Å². The SMILES string of the molecule is O=C(NCc1ccc(F)c(CO)c1)c1cncc(Br)c1. The quantitative estimate of drug-likeness (QED) is 0.899. The number of hydrogen-bond donors (Lipinski definition) is 2. The Labute approximate surface area is 123 Å². The van der Waals surface area contributed by atoms with Crippen molar-refractivity contribution in [3.8, 4) is 0 Å². The van der Waals surface area contributed by atoms with Crippen molar-refractivity contribution in [2.24, 2.45) is 0 Å². The highest BCUT2D eigenvalue weighted by Crippen LogP contribution is 2.12. The van der Waals surface area contributed by atoms with Gasteiger partial charge in [0.2, 0.25) is 0 Å². The van der Waals surface area contributed by atoms with Crippen LogP contribution in [-0.2, 0) is 13.2 Å². The first-order chi connectivity index (χ1) is 9.60. The molecule has 2 aromatic rings. The Morgan fingerprint density at radius 1 is 1.35 bits per heavy atom. The lowest BCUT2D eigenvalue weighted by molar-refractivity contribution is 0.0950. The van der Waals surface area contributed by atoms with E-state index in [0.29, 0.717) is 11.1 Å². The summed E-state index contributed by atoms with van der Waals surface area (Å²) in [6, 6.07) is 6.02. The second-order valence-electron chi connectivity index (χ2n) is 4.16. The predicted octanol–water partition coefficient (Wildman–Crippen LogP) is 2.41. The molecule has 2 N–H and O–H groups in total. The van der Waals surface area contributed by atoms with E-state index in [4.69, 9.17) is 5.11 Å². The van der Waals surface area contributed by atoms with Crippen LogP contribution in [0.4, 0.5) is 4.39 Å². The van der Waals surface area contributed by atoms with Crippen LogP contribution >= 0.6 is 15.9 Å². The number of aliphatic hydroxyl groups is 1. The van der Waals surface area contributed by atoms with Crippen molar-refractivity contribution in [3.63, 3.8) is 0 Å². The fourth-order valence-electron chi connectivity index (χ4n) is 1.68. The van der Waals surface area contributed by atoms with Gasteiger partial charge in [-0.05, 0) is 39.7 Å². The Morgan fingerprint density at radius 2 is 2.15 bits per heavy atom. The summed E-state index contributed by atoms with van der Waals surface area (Å²) in [5, 5.41) is 11.7. The van der Waals surface area contributed by atoms with Gasteiger partial charge in [0.15, 0.2) is 0 Å². The minimum absolute atomic E-state index is 0.209. The number of carbonyl (C=O) groups is 1. The van der Waals surface area contributed by atoms with Gasteiger partial charge in [0.25, 0.3) is 5.91 Å². The summed E-state index contributed by atoms with van der Waals surface area (Å²) >= 11 is 3.24. The smallest absolute Gasteiger partial charge is 0.253 e. The zero-order valence-electron chi connectivity index (χ0n) is 10.4. The molecule has 0 unspecified atom stereocenters. The molecule has 1 aromatic heterocycles. The number of benzene rings is 1. The molecule has 0 bridgehead atoms. The molecule has 4 nitrogen and oxygen atoms in total. The van der Waals surface area contributed by atoms with Gasteiger partial charge in [-0.2, -0.15) is 0 Å². The number of pyridine rings is 1. The number of rotatable bonds is 4. The van der Waals surface area contributed by atoms with Gasteiger partial charge in [-0.1, -0.05) is 6.07 Å². The van der Waals surface area contributed by atoms with Crippen molar-refractivity contribution in [2.45, 2.75) is 13.2 Å². The molecule has 1 amide bonds. The van der Waals surface area contributed by atoms with Crippen molar-refractivity contribution < 1.29 is 14.3 Å². The van der Waals surface area contributed by atoms with Crippen LogP contribution in [0.5, 0.6) is 0 Å². The number of aromatic nitrogens is 1. The number of nitrogens with zero attached hydrogens (tertiary/aromatic N) is 1. The Morgan fingerprint density at radius 3 is 2.85 bits per heavy atom. The fourth-order valence-corrected chi connectivity index (χ4v) is 2.04. The summed E-state index contributed by atoms with van der Waals surface area (Å²) in [7, 11) is 0. The van der Waals surface area contributed by atoms with Crippen LogP contribution in [0.1, 0.15) is 21.5 Å². The monoisotopic (exact) mass is 338 g/mol. The van der Waals surface area contributed by atoms with Crippen LogP contribution in [-0.4, -0.2) is 16.0 Å². The minimum Gasteiger partial charge on any atom is -0.392 e. The lowest BCUT2D eigenvalue weighted by atomic mass is 10.1. The molecule has 0 aliphatic heterocycles. The number of nitrogens with one attached hydrogen (secondary N) is 1. The Bertz CT molecular complexity index is 634. The topological polar surface area (TPSA) is 62.2 Å². The number of carbonyl (C=O) groups excluding carboxylic acids is 1. The second kappa shape index (κ2) is 6.58. The normalized spacial score (nSPS) is 10.3. The average Bonchev–Trinajstić information content (AvgIpc) is 2.46. The summed E-state index contributed by atoms with van der Waals surface area (Å²) in [4.78, 5) is 15.8. The maximum absolute atomic E-state index is 13.2. The van der Waals surface area contributed by atoms with Crippen molar-refractivity contribution in [1.29, 1.82) is 0 Å². The van der Waals surface area contributed by atoms with Gasteiger partial charge in [-0.25, -0.2) is 4.39 Å². The molecular weight excluding hydrogens is 327 g/mol. The molecule has 1 heterocycles. The van der Waals surface area contributed by atoms with E-state index in [2.05, 4.69) is 26.2 Å². The van der Waals surface area contributed by atoms with Crippen LogP contribution in [0.2, 0.25) is 0 Å². The van der Waals surface area contributed by atoms with E-state index < -0.39 is 5.82 Å². The highest BCUT2D eigenvalue weighted by atomic mass is 79.9. The lowest BCUT2D eigenvalue weighted by Crippen LogP contribution is -2.23. The maximum atomic E-state index is 13.2. The molecule has 0 saturated carbocycles. The third-order valence-corrected chi connectivity index (χ3v) is 3.13. The third-order valence-electron chi connectivity index (χ3n) is 2.70. The standard InChI is InChI=1S/C14H12BrFN2O2/c15-12-4-10(6-17-7-12)14(20)18-5-9-1-2-13(16)11(3-9)8-19/h1-4,6-7,19H,5,8H2,(H,18,20). The predicted molar refractivity (Wildman–Crippen MR) is 75.4 cm³/mol. The summed E-state index contributed by atoms with van der Waals surface area (Å²) in [6.07, 6.45) is 3.05. The van der Waals surface area contributed by atoms with E-state index in [1.54, 1.807) is 18.3 Å². The molecule has 2 rings (SSSR count). The number of hydrogen-bond acceptors (Lipinski definition) is 3. The zero-order valence-corrected chi connectivity index (χ0v) is 12.0. The Kier molecular flexibility index (Phi) is 4.81. The number of aliphatic hydroxyl groups excluding tert-OH is 1. The molecule has 0 spiro atoms. The van der Waals surface area contributed by atoms with E-state index in [1.807, 2.05) is 0 Å². The highest BCUT2D eigenvalue weighted by Gasteiger charge is 2.07. The molecule has 104 valence electrons. The Balaban J connectivity index is 2.03. The van der Waals surface area contributed by atoms with Gasteiger partial charge in [-0.3, -0.25) is 9.78 Å². The Hall–Kier alpha value is -1.79. The van der Waals surface area contributed by atoms with E-state index in [0.717, 1.165) is 4.47 Å². The summed E-state index contributed by atoms with van der Waals surface area (Å²) in [5.41, 5.74) is 1.36. The first-order valence-electron chi connectivity index (χ1n) is 5.87. The number of halogens is 2. The molecule has 1 aromatic carbocycles. The molecule has 0 atom stereocenters. The van der Waals surface area contributed by atoms with Gasteiger partial charge >= 0.3 is 0 Å². The molecule has 0 radical (unpaired) electrons. The molecule has 6 heteroatoms. The van der Waals surface area contributed by atoms with E-state index >= 15 is 0 Å². The van der Waals surface area contributed by atoms with Crippen molar-refractivity contribution in [3.05, 3.63) is 63.6 Å². The third kappa shape index (κ3) is 3.61. The molecule has 0 aliphatic rings. The fraction of sp³-hybridized carbons (Fsp3) is 0.143. The molecule has 0 fully saturated rings. The first kappa shape index (κ1) is 14.6. The van der Waals surface area contributed by atoms with E-state index in [9.17, 15) is 9.18 Å². The summed E-state index contributed by atoms with van der Waals surface area (Å²) < 4.78 is 13.9. The zero-order chi connectivity index (χ0) is 14.5. The number of amides is 1. The summed E-state index contributed by atoms with van der Waals surface area (Å²) in [5.74, 6) is -0.729. The average molecular weight is 339 g/mol. The van der Waals surface area contributed by atoms with Gasteiger partial charge in [-0.15, -0.1) is 0 Å². The molecular formula is C14H12BrFN2O2. The van der Waals surface area contributed by atoms with Crippen LogP contribution in [0.3, 0.4) is 0 Å². The first-order valence-corrected chi connectivity index (χ1v) is 6.66. The van der Waals surface area contributed by atoms with Crippen LogP contribution in [0, 0.1) is 5.82 Å². The van der Waals surface area contributed by atoms with E-state index in [1.165, 1.54) is 18.3 Å². The van der Waals surface area contributed by atoms with Crippen LogP contribution < -0.4 is 5.32 Å². The lowest BCUT2D eigenvalue weighted by Gasteiger charge is -2.07. The molecule has 0 saturated heterocycles. The van der Waals surface area contributed by atoms with Gasteiger partial charge in [0.05, 0.1) is 12.2 Å². The minimum atomic E-state index is -0.459. The summed E-state index contributed by atoms with van der Waals surface area (Å²) in [6.45, 7) is -0.123. The van der Waals surface area contributed by atoms with Crippen LogP contribution in [0.25, 0.3) is 0 Å². The largest absolute Gasteiger partial charge is 0.392 e. The van der Waals surface area contributed by atoms with Crippen molar-refractivity contribution >= 4 is 21.8 Å². The molecule has 20 heavy (non-hydrogen) atoms. The van der Waals surface area contributed by atoms with E-state index in [-0.39, 0.29) is 24.6 Å².